The van der Waals surface area contributed by atoms with Gasteiger partial charge in [-0.2, -0.15) is 18.3 Å². The maximum atomic E-state index is 13.0. The number of amides is 1. The first-order valence-electron chi connectivity index (χ1n) is 6.85. The summed E-state index contributed by atoms with van der Waals surface area (Å²) in [4.78, 5) is 12.1. The van der Waals surface area contributed by atoms with Crippen LogP contribution in [-0.2, 0) is 11.0 Å². The van der Waals surface area contributed by atoms with E-state index in [1.165, 1.54) is 12.1 Å². The van der Waals surface area contributed by atoms with Gasteiger partial charge in [0.05, 0.1) is 5.56 Å². The van der Waals surface area contributed by atoms with Gasteiger partial charge in [-0.25, -0.2) is 0 Å². The molecule has 3 rings (SSSR count). The SMILES string of the molecule is Cc1cc(NC(=O)[C@@H]2C[C@@H]2c2ccccc2C(F)(F)F)n[nH]1. The second kappa shape index (κ2) is 5.15. The zero-order valence-corrected chi connectivity index (χ0v) is 11.7. The van der Waals surface area contributed by atoms with Crippen LogP contribution in [0.5, 0.6) is 0 Å². The van der Waals surface area contributed by atoms with Crippen molar-refractivity contribution >= 4 is 11.7 Å². The van der Waals surface area contributed by atoms with Gasteiger partial charge in [-0.05, 0) is 30.9 Å². The lowest BCUT2D eigenvalue weighted by atomic mass is 10.0. The number of nitrogens with zero attached hydrogens (tertiary/aromatic N) is 1. The van der Waals surface area contributed by atoms with E-state index in [2.05, 4.69) is 15.5 Å². The molecule has 1 aliphatic carbocycles. The number of aryl methyl sites for hydroxylation is 1. The van der Waals surface area contributed by atoms with Gasteiger partial charge in [-0.3, -0.25) is 9.89 Å². The minimum atomic E-state index is -4.40. The van der Waals surface area contributed by atoms with Gasteiger partial charge in [0.25, 0.3) is 0 Å². The van der Waals surface area contributed by atoms with Crippen molar-refractivity contribution in [1.29, 1.82) is 0 Å². The third-order valence-electron chi connectivity index (χ3n) is 3.75. The van der Waals surface area contributed by atoms with Crippen LogP contribution in [0.25, 0.3) is 0 Å². The summed E-state index contributed by atoms with van der Waals surface area (Å²) in [6, 6.07) is 7.09. The number of aromatic amines is 1. The van der Waals surface area contributed by atoms with Crippen LogP contribution in [0.15, 0.2) is 30.3 Å². The number of carbonyl (C=O) groups excluding carboxylic acids is 1. The summed E-state index contributed by atoms with van der Waals surface area (Å²) in [6.45, 7) is 1.79. The molecule has 1 saturated carbocycles. The normalized spacial score (nSPS) is 20.7. The molecule has 0 radical (unpaired) electrons. The Bertz CT molecular complexity index is 708. The molecule has 1 amide bonds. The topological polar surface area (TPSA) is 57.8 Å². The summed E-state index contributed by atoms with van der Waals surface area (Å²) in [5.74, 6) is -0.746. The van der Waals surface area contributed by atoms with E-state index in [0.717, 1.165) is 11.8 Å². The second-order valence-corrected chi connectivity index (χ2v) is 5.46. The van der Waals surface area contributed by atoms with Crippen molar-refractivity contribution in [3.05, 3.63) is 47.2 Å². The number of alkyl halides is 3. The molecule has 1 fully saturated rings. The Morgan fingerprint density at radius 3 is 2.73 bits per heavy atom. The molecular formula is C15H14F3N3O. The number of H-pyrrole nitrogens is 1. The van der Waals surface area contributed by atoms with Gasteiger partial charge < -0.3 is 5.32 Å². The standard InChI is InChI=1S/C15H14F3N3O/c1-8-6-13(21-20-8)19-14(22)11-7-10(11)9-4-2-3-5-12(9)15(16,17)18/h2-6,10-11H,7H2,1H3,(H2,19,20,21,22)/t10-,11-/m1/s1. The largest absolute Gasteiger partial charge is 0.416 e. The molecule has 2 N–H and O–H groups in total. The van der Waals surface area contributed by atoms with Crippen LogP contribution < -0.4 is 5.32 Å². The molecule has 0 saturated heterocycles. The summed E-state index contributed by atoms with van der Waals surface area (Å²) in [7, 11) is 0. The molecule has 22 heavy (non-hydrogen) atoms. The number of hydrogen-bond donors (Lipinski definition) is 2. The van der Waals surface area contributed by atoms with E-state index in [4.69, 9.17) is 0 Å². The third-order valence-corrected chi connectivity index (χ3v) is 3.75. The lowest BCUT2D eigenvalue weighted by Crippen LogP contribution is -2.16. The molecular weight excluding hydrogens is 295 g/mol. The molecule has 1 aromatic heterocycles. The fraction of sp³-hybridized carbons (Fsp3) is 0.333. The molecule has 1 aliphatic rings. The van der Waals surface area contributed by atoms with E-state index < -0.39 is 23.6 Å². The molecule has 116 valence electrons. The maximum Gasteiger partial charge on any atom is 0.416 e. The highest BCUT2D eigenvalue weighted by Crippen LogP contribution is 2.51. The van der Waals surface area contributed by atoms with Crippen molar-refractivity contribution in [3.8, 4) is 0 Å². The molecule has 7 heteroatoms. The Kier molecular flexibility index (Phi) is 3.42. The summed E-state index contributed by atoms with van der Waals surface area (Å²) >= 11 is 0. The minimum Gasteiger partial charge on any atom is -0.309 e. The van der Waals surface area contributed by atoms with Crippen molar-refractivity contribution < 1.29 is 18.0 Å². The summed E-state index contributed by atoms with van der Waals surface area (Å²) < 4.78 is 39.0. The quantitative estimate of drug-likeness (QED) is 0.912. The molecule has 0 unspecified atom stereocenters. The van der Waals surface area contributed by atoms with Crippen molar-refractivity contribution in [2.75, 3.05) is 5.32 Å². The van der Waals surface area contributed by atoms with Gasteiger partial charge in [-0.1, -0.05) is 18.2 Å². The molecule has 0 aliphatic heterocycles. The van der Waals surface area contributed by atoms with Gasteiger partial charge in [0.1, 0.15) is 0 Å². The summed E-state index contributed by atoms with van der Waals surface area (Å²) in [5.41, 5.74) is 0.323. The second-order valence-electron chi connectivity index (χ2n) is 5.46. The smallest absolute Gasteiger partial charge is 0.309 e. The number of carbonyl (C=O) groups is 1. The molecule has 4 nitrogen and oxygen atoms in total. The highest BCUT2D eigenvalue weighted by atomic mass is 19.4. The Labute approximate surface area is 124 Å². The van der Waals surface area contributed by atoms with Gasteiger partial charge in [0.15, 0.2) is 5.82 Å². The van der Waals surface area contributed by atoms with Crippen molar-refractivity contribution in [2.45, 2.75) is 25.4 Å². The lowest BCUT2D eigenvalue weighted by molar-refractivity contribution is -0.138. The van der Waals surface area contributed by atoms with E-state index in [1.54, 1.807) is 19.1 Å². The number of nitrogens with one attached hydrogen (secondary N) is 2. The first-order chi connectivity index (χ1) is 10.4. The maximum absolute atomic E-state index is 13.0. The number of benzene rings is 1. The predicted octanol–water partition coefficient (Wildman–Crippen LogP) is 3.48. The zero-order valence-electron chi connectivity index (χ0n) is 11.7. The highest BCUT2D eigenvalue weighted by Gasteiger charge is 2.47. The van der Waals surface area contributed by atoms with Crippen LogP contribution in [0.1, 0.15) is 29.2 Å². The van der Waals surface area contributed by atoms with E-state index in [0.29, 0.717) is 12.2 Å². The first-order valence-corrected chi connectivity index (χ1v) is 6.85. The van der Waals surface area contributed by atoms with Gasteiger partial charge >= 0.3 is 6.18 Å². The highest BCUT2D eigenvalue weighted by molar-refractivity contribution is 5.94. The van der Waals surface area contributed by atoms with Crippen molar-refractivity contribution in [1.82, 2.24) is 10.2 Å². The average Bonchev–Trinajstić information content (AvgIpc) is 3.15. The van der Waals surface area contributed by atoms with Crippen LogP contribution in [0.4, 0.5) is 19.0 Å². The van der Waals surface area contributed by atoms with Crippen LogP contribution in [0, 0.1) is 12.8 Å². The van der Waals surface area contributed by atoms with Crippen LogP contribution in [0.2, 0.25) is 0 Å². The molecule has 1 heterocycles. The van der Waals surface area contributed by atoms with Gasteiger partial charge in [0.2, 0.25) is 5.91 Å². The van der Waals surface area contributed by atoms with Crippen LogP contribution in [0.3, 0.4) is 0 Å². The van der Waals surface area contributed by atoms with Gasteiger partial charge in [0, 0.05) is 17.7 Å². The zero-order chi connectivity index (χ0) is 15.9. The third kappa shape index (κ3) is 2.84. The predicted molar refractivity (Wildman–Crippen MR) is 74.2 cm³/mol. The number of aromatic nitrogens is 2. The fourth-order valence-electron chi connectivity index (χ4n) is 2.61. The van der Waals surface area contributed by atoms with E-state index in [1.807, 2.05) is 0 Å². The average molecular weight is 309 g/mol. The van der Waals surface area contributed by atoms with E-state index >= 15 is 0 Å². The van der Waals surface area contributed by atoms with Crippen LogP contribution in [-0.4, -0.2) is 16.1 Å². The molecule has 0 bridgehead atoms. The number of anilines is 1. The Morgan fingerprint density at radius 2 is 2.09 bits per heavy atom. The first kappa shape index (κ1) is 14.6. The molecule has 2 aromatic rings. The number of rotatable bonds is 3. The molecule has 2 atom stereocenters. The monoisotopic (exact) mass is 309 g/mol. The Morgan fingerprint density at radius 1 is 1.36 bits per heavy atom. The van der Waals surface area contributed by atoms with Crippen LogP contribution >= 0.6 is 0 Å². The van der Waals surface area contributed by atoms with E-state index in [9.17, 15) is 18.0 Å². The van der Waals surface area contributed by atoms with E-state index in [-0.39, 0.29) is 11.5 Å². The number of halogens is 3. The minimum absolute atomic E-state index is 0.188. The van der Waals surface area contributed by atoms with Gasteiger partial charge in [-0.15, -0.1) is 0 Å². The van der Waals surface area contributed by atoms with Crippen molar-refractivity contribution in [3.63, 3.8) is 0 Å². The summed E-state index contributed by atoms with van der Waals surface area (Å²) in [5, 5.41) is 9.20. The Hall–Kier alpha value is -2.31. The fourth-order valence-corrected chi connectivity index (χ4v) is 2.61. The summed E-state index contributed by atoms with van der Waals surface area (Å²) in [6.07, 6.45) is -3.98. The molecule has 1 aromatic carbocycles. The lowest BCUT2D eigenvalue weighted by Gasteiger charge is -2.12. The molecule has 0 spiro atoms. The number of hydrogen-bond acceptors (Lipinski definition) is 2. The van der Waals surface area contributed by atoms with Crippen molar-refractivity contribution in [2.24, 2.45) is 5.92 Å². The Balaban J connectivity index is 1.73.